The van der Waals surface area contributed by atoms with Gasteiger partial charge in [-0.05, 0) is 37.3 Å². The van der Waals surface area contributed by atoms with Gasteiger partial charge in [-0.1, -0.05) is 6.42 Å². The molecule has 120 valence electrons. The Bertz CT molecular complexity index is 731. The van der Waals surface area contributed by atoms with Crippen molar-refractivity contribution in [2.45, 2.75) is 32.1 Å². The van der Waals surface area contributed by atoms with Crippen LogP contribution in [0.2, 0.25) is 0 Å². The van der Waals surface area contributed by atoms with Crippen molar-refractivity contribution in [1.82, 2.24) is 0 Å². The number of hydrogen-bond donors (Lipinski definition) is 0. The Labute approximate surface area is 136 Å². The molecule has 1 aliphatic heterocycles. The fourth-order valence-electron chi connectivity index (χ4n) is 2.61. The largest absolute Gasteiger partial charge is 0.302 e. The van der Waals surface area contributed by atoms with Gasteiger partial charge in [-0.3, -0.25) is 20.2 Å². The van der Waals surface area contributed by atoms with E-state index < -0.39 is 9.85 Å². The molecule has 9 heteroatoms. The summed E-state index contributed by atoms with van der Waals surface area (Å²) in [5, 5.41) is 26.4. The minimum Gasteiger partial charge on any atom is -0.258 e. The van der Waals surface area contributed by atoms with E-state index in [4.69, 9.17) is 0 Å². The maximum atomic E-state index is 11.3. The van der Waals surface area contributed by atoms with E-state index in [9.17, 15) is 20.2 Å². The number of hydrazone groups is 1. The molecule has 0 N–H and O–H groups in total. The second-order valence-electron chi connectivity index (χ2n) is 5.31. The van der Waals surface area contributed by atoms with E-state index in [0.717, 1.165) is 31.7 Å². The van der Waals surface area contributed by atoms with Gasteiger partial charge in [-0.2, -0.15) is 9.52 Å². The van der Waals surface area contributed by atoms with Crippen molar-refractivity contribution < 1.29 is 9.85 Å². The van der Waals surface area contributed by atoms with Crippen LogP contribution in [-0.2, 0) is 0 Å². The summed E-state index contributed by atoms with van der Waals surface area (Å²) in [6.45, 7) is 0. The fraction of sp³-hybridized carbons (Fsp3) is 0.357. The molecule has 0 saturated heterocycles. The summed E-state index contributed by atoms with van der Waals surface area (Å²) in [5.41, 5.74) is 0.813. The molecule has 1 aromatic carbocycles. The van der Waals surface area contributed by atoms with Crippen molar-refractivity contribution in [1.29, 1.82) is 0 Å². The second kappa shape index (κ2) is 6.37. The summed E-state index contributed by atoms with van der Waals surface area (Å²) in [4.78, 5) is 22.0. The number of rotatable bonds is 3. The predicted octanol–water partition coefficient (Wildman–Crippen LogP) is 4.18. The average molecular weight is 334 g/mol. The predicted molar refractivity (Wildman–Crippen MR) is 88.4 cm³/mol. The zero-order chi connectivity index (χ0) is 16.4. The van der Waals surface area contributed by atoms with E-state index in [1.807, 2.05) is 0 Å². The van der Waals surface area contributed by atoms with Gasteiger partial charge in [0.25, 0.3) is 5.69 Å². The topological polar surface area (TPSA) is 102 Å². The number of anilines is 1. The van der Waals surface area contributed by atoms with Crippen LogP contribution in [0.3, 0.4) is 0 Å². The summed E-state index contributed by atoms with van der Waals surface area (Å²) >= 11 is 1.37. The number of benzene rings is 1. The van der Waals surface area contributed by atoms with Crippen LogP contribution in [-0.4, -0.2) is 16.1 Å². The number of nitro groups is 2. The van der Waals surface area contributed by atoms with E-state index in [-0.39, 0.29) is 17.1 Å². The summed E-state index contributed by atoms with van der Waals surface area (Å²) in [6.07, 6.45) is 7.05. The lowest BCUT2D eigenvalue weighted by Crippen LogP contribution is -2.14. The quantitative estimate of drug-likeness (QED) is 0.467. The van der Waals surface area contributed by atoms with Gasteiger partial charge in [-0.25, -0.2) is 0 Å². The van der Waals surface area contributed by atoms with E-state index in [0.29, 0.717) is 0 Å². The van der Waals surface area contributed by atoms with E-state index in [1.54, 1.807) is 6.21 Å². The highest BCUT2D eigenvalue weighted by Crippen LogP contribution is 2.42. The van der Waals surface area contributed by atoms with Crippen molar-refractivity contribution >= 4 is 35.2 Å². The molecule has 0 unspecified atom stereocenters. The van der Waals surface area contributed by atoms with Crippen LogP contribution in [0.1, 0.15) is 32.1 Å². The highest BCUT2D eigenvalue weighted by molar-refractivity contribution is 8.04. The Morgan fingerprint density at radius 2 is 1.87 bits per heavy atom. The Morgan fingerprint density at radius 1 is 1.09 bits per heavy atom. The highest BCUT2D eigenvalue weighted by Gasteiger charge is 2.27. The highest BCUT2D eigenvalue weighted by atomic mass is 32.2. The number of nitrogens with zero attached hydrogens (tertiary/aromatic N) is 4. The minimum absolute atomic E-state index is 0.248. The molecular weight excluding hydrogens is 320 g/mol. The third-order valence-electron chi connectivity index (χ3n) is 3.80. The first-order valence-corrected chi connectivity index (χ1v) is 8.00. The van der Waals surface area contributed by atoms with Crippen molar-refractivity contribution in [3.63, 3.8) is 0 Å². The van der Waals surface area contributed by atoms with Crippen LogP contribution >= 0.6 is 11.9 Å². The monoisotopic (exact) mass is 334 g/mol. The third-order valence-corrected chi connectivity index (χ3v) is 4.95. The van der Waals surface area contributed by atoms with E-state index >= 15 is 0 Å². The standard InChI is InChI=1S/C14H14N4O4S/c19-17(20)11-6-7-12(13(8-11)18(21)22)16-15-9-10-4-2-1-3-5-14(10)23-16/h6-9H,1-5H2. The first-order chi connectivity index (χ1) is 11.1. The van der Waals surface area contributed by atoms with Crippen LogP contribution in [0.4, 0.5) is 17.1 Å². The smallest absolute Gasteiger partial charge is 0.258 e. The Hall–Kier alpha value is -2.42. The first-order valence-electron chi connectivity index (χ1n) is 7.23. The zero-order valence-electron chi connectivity index (χ0n) is 12.2. The molecule has 3 rings (SSSR count). The molecule has 0 radical (unpaired) electrons. The Balaban J connectivity index is 1.93. The lowest BCUT2D eigenvalue weighted by atomic mass is 10.1. The summed E-state index contributed by atoms with van der Waals surface area (Å²) in [7, 11) is 0. The van der Waals surface area contributed by atoms with Gasteiger partial charge in [-0.15, -0.1) is 0 Å². The minimum atomic E-state index is -0.644. The van der Waals surface area contributed by atoms with Gasteiger partial charge in [0.05, 0.1) is 22.1 Å². The van der Waals surface area contributed by atoms with Crippen LogP contribution in [0, 0.1) is 20.2 Å². The Kier molecular flexibility index (Phi) is 4.28. The maximum Gasteiger partial charge on any atom is 0.302 e. The van der Waals surface area contributed by atoms with Gasteiger partial charge in [0.1, 0.15) is 0 Å². The van der Waals surface area contributed by atoms with Gasteiger partial charge >= 0.3 is 5.69 Å². The molecule has 1 aliphatic carbocycles. The third kappa shape index (κ3) is 3.19. The van der Waals surface area contributed by atoms with E-state index in [2.05, 4.69) is 5.10 Å². The molecule has 8 nitrogen and oxygen atoms in total. The van der Waals surface area contributed by atoms with Crippen molar-refractivity contribution in [3.8, 4) is 0 Å². The van der Waals surface area contributed by atoms with Crippen LogP contribution in [0.25, 0.3) is 0 Å². The lowest BCUT2D eigenvalue weighted by Gasteiger charge is -2.23. The average Bonchev–Trinajstić information content (AvgIpc) is 2.78. The van der Waals surface area contributed by atoms with Gasteiger partial charge < -0.3 is 0 Å². The number of nitro benzene ring substituents is 2. The molecule has 0 bridgehead atoms. The fourth-order valence-corrected chi connectivity index (χ4v) is 3.68. The number of hydrogen-bond acceptors (Lipinski definition) is 7. The Morgan fingerprint density at radius 3 is 2.61 bits per heavy atom. The molecule has 0 spiro atoms. The number of non-ortho nitro benzene ring substituents is 1. The zero-order valence-corrected chi connectivity index (χ0v) is 13.0. The van der Waals surface area contributed by atoms with Gasteiger partial charge in [0.2, 0.25) is 0 Å². The van der Waals surface area contributed by atoms with Gasteiger partial charge in [0, 0.05) is 22.9 Å². The maximum absolute atomic E-state index is 11.3. The van der Waals surface area contributed by atoms with E-state index in [1.165, 1.54) is 45.4 Å². The molecule has 0 saturated carbocycles. The van der Waals surface area contributed by atoms with Crippen molar-refractivity contribution in [2.75, 3.05) is 4.41 Å². The molecule has 0 aromatic heterocycles. The molecule has 0 fully saturated rings. The normalized spacial score (nSPS) is 17.7. The molecule has 2 aliphatic rings. The van der Waals surface area contributed by atoms with Crippen molar-refractivity contribution in [2.24, 2.45) is 5.10 Å². The molecule has 1 aromatic rings. The summed E-state index contributed by atoms with van der Waals surface area (Å²) in [5.74, 6) is 0. The van der Waals surface area contributed by atoms with Crippen LogP contribution in [0.5, 0.6) is 0 Å². The van der Waals surface area contributed by atoms with Crippen LogP contribution in [0.15, 0.2) is 33.8 Å². The van der Waals surface area contributed by atoms with Crippen LogP contribution < -0.4 is 4.41 Å². The summed E-state index contributed by atoms with van der Waals surface area (Å²) < 4.78 is 1.48. The van der Waals surface area contributed by atoms with Gasteiger partial charge in [0.15, 0.2) is 5.69 Å². The molecule has 0 atom stereocenters. The molecule has 23 heavy (non-hydrogen) atoms. The molecule has 0 amide bonds. The number of allylic oxidation sites excluding steroid dienone is 2. The second-order valence-corrected chi connectivity index (χ2v) is 6.33. The SMILES string of the molecule is O=[N+]([O-])c1ccc(N2N=CC3=C(CCCCC3)S2)c([N+](=O)[O-])c1. The molecular formula is C14H14N4O4S. The molecule has 1 heterocycles. The van der Waals surface area contributed by atoms with Crippen molar-refractivity contribution in [3.05, 3.63) is 48.9 Å². The lowest BCUT2D eigenvalue weighted by molar-refractivity contribution is -0.393. The first kappa shape index (κ1) is 15.5. The summed E-state index contributed by atoms with van der Waals surface area (Å²) in [6, 6.07) is 3.61.